The Morgan fingerprint density at radius 2 is 2.12 bits per heavy atom. The summed E-state index contributed by atoms with van der Waals surface area (Å²) in [6, 6.07) is 9.53. The van der Waals surface area contributed by atoms with Crippen LogP contribution in [0.25, 0.3) is 0 Å². The highest BCUT2D eigenvalue weighted by Gasteiger charge is 2.11. The number of halogens is 1. The first-order valence-electron chi connectivity index (χ1n) is 4.90. The lowest BCUT2D eigenvalue weighted by molar-refractivity contribution is 0.285. The maximum atomic E-state index is 5.48. The lowest BCUT2D eigenvalue weighted by Crippen LogP contribution is -1.97. The molecule has 0 saturated heterocycles. The maximum Gasteiger partial charge on any atom is 0.240 e. The summed E-state index contributed by atoms with van der Waals surface area (Å²) >= 11 is 3.35. The van der Waals surface area contributed by atoms with Crippen molar-refractivity contribution in [3.63, 3.8) is 0 Å². The molecule has 1 heterocycles. The van der Waals surface area contributed by atoms with E-state index in [-0.39, 0.29) is 4.83 Å². The van der Waals surface area contributed by atoms with Gasteiger partial charge in [-0.05, 0) is 19.1 Å². The molecule has 4 nitrogen and oxygen atoms in total. The van der Waals surface area contributed by atoms with Gasteiger partial charge < -0.3 is 9.26 Å². The molecule has 0 saturated carbocycles. The van der Waals surface area contributed by atoms with Crippen molar-refractivity contribution in [1.29, 1.82) is 0 Å². The number of hydrogen-bond donors (Lipinski definition) is 0. The molecule has 1 unspecified atom stereocenters. The van der Waals surface area contributed by atoms with Crippen molar-refractivity contribution in [3.8, 4) is 5.75 Å². The number of alkyl halides is 1. The Bertz CT molecular complexity index is 442. The fourth-order valence-corrected chi connectivity index (χ4v) is 1.34. The number of ether oxygens (including phenoxy) is 1. The van der Waals surface area contributed by atoms with Crippen LogP contribution in [0.5, 0.6) is 5.75 Å². The predicted molar refractivity (Wildman–Crippen MR) is 62.4 cm³/mol. The van der Waals surface area contributed by atoms with Crippen molar-refractivity contribution >= 4 is 15.9 Å². The van der Waals surface area contributed by atoms with E-state index in [1.807, 2.05) is 37.3 Å². The Labute approximate surface area is 102 Å². The fraction of sp³-hybridized carbons (Fsp3) is 0.273. The summed E-state index contributed by atoms with van der Waals surface area (Å²) in [6.45, 7) is 2.24. The van der Waals surface area contributed by atoms with Gasteiger partial charge in [-0.1, -0.05) is 39.3 Å². The average Bonchev–Trinajstić information content (AvgIpc) is 2.76. The first-order chi connectivity index (χ1) is 7.75. The van der Waals surface area contributed by atoms with Gasteiger partial charge in [0, 0.05) is 0 Å². The lowest BCUT2D eigenvalue weighted by atomic mass is 10.3. The standard InChI is InChI=1S/C11H11BrN2O2/c1-8(12)11-13-10(14-16-11)7-15-9-5-3-2-4-6-9/h2-6,8H,7H2,1H3. The number of para-hydroxylation sites is 1. The van der Waals surface area contributed by atoms with Crippen LogP contribution in [-0.2, 0) is 6.61 Å². The van der Waals surface area contributed by atoms with Crippen molar-refractivity contribution in [2.75, 3.05) is 0 Å². The van der Waals surface area contributed by atoms with Crippen molar-refractivity contribution < 1.29 is 9.26 Å². The molecule has 0 amide bonds. The average molecular weight is 283 g/mol. The van der Waals surface area contributed by atoms with Gasteiger partial charge in [-0.2, -0.15) is 4.98 Å². The SMILES string of the molecule is CC(Br)c1nc(COc2ccccc2)no1. The molecular formula is C11H11BrN2O2. The highest BCUT2D eigenvalue weighted by atomic mass is 79.9. The molecule has 1 aromatic carbocycles. The second-order valence-corrected chi connectivity index (χ2v) is 4.64. The van der Waals surface area contributed by atoms with Gasteiger partial charge in [0.1, 0.15) is 5.75 Å². The van der Waals surface area contributed by atoms with Crippen molar-refractivity contribution in [2.24, 2.45) is 0 Å². The zero-order valence-electron chi connectivity index (χ0n) is 8.76. The van der Waals surface area contributed by atoms with E-state index in [9.17, 15) is 0 Å². The van der Waals surface area contributed by atoms with Crippen LogP contribution in [0.15, 0.2) is 34.9 Å². The van der Waals surface area contributed by atoms with Crippen LogP contribution in [0.4, 0.5) is 0 Å². The van der Waals surface area contributed by atoms with E-state index in [0.717, 1.165) is 5.75 Å². The molecule has 16 heavy (non-hydrogen) atoms. The van der Waals surface area contributed by atoms with Gasteiger partial charge in [-0.25, -0.2) is 0 Å². The Hall–Kier alpha value is -1.36. The van der Waals surface area contributed by atoms with Crippen LogP contribution in [0.3, 0.4) is 0 Å². The summed E-state index contributed by atoms with van der Waals surface area (Å²) in [5.41, 5.74) is 0. The van der Waals surface area contributed by atoms with Crippen molar-refractivity contribution in [3.05, 3.63) is 42.0 Å². The van der Waals surface area contributed by atoms with E-state index in [1.54, 1.807) is 0 Å². The van der Waals surface area contributed by atoms with Gasteiger partial charge in [0.25, 0.3) is 0 Å². The van der Waals surface area contributed by atoms with Crippen molar-refractivity contribution in [1.82, 2.24) is 10.1 Å². The van der Waals surface area contributed by atoms with E-state index in [1.165, 1.54) is 0 Å². The number of nitrogens with zero attached hydrogens (tertiary/aromatic N) is 2. The molecule has 0 radical (unpaired) electrons. The summed E-state index contributed by atoms with van der Waals surface area (Å²) in [4.78, 5) is 4.24. The Kier molecular flexibility index (Phi) is 3.56. The van der Waals surface area contributed by atoms with Crippen LogP contribution in [0.1, 0.15) is 23.5 Å². The van der Waals surface area contributed by atoms with E-state index >= 15 is 0 Å². The number of benzene rings is 1. The molecule has 2 rings (SSSR count). The summed E-state index contributed by atoms with van der Waals surface area (Å²) in [5, 5.41) is 3.81. The third-order valence-electron chi connectivity index (χ3n) is 1.94. The van der Waals surface area contributed by atoms with Crippen LogP contribution < -0.4 is 4.74 Å². The minimum atomic E-state index is 0.0606. The molecule has 0 aliphatic heterocycles. The lowest BCUT2D eigenvalue weighted by Gasteiger charge is -2.01. The van der Waals surface area contributed by atoms with Gasteiger partial charge in [0.2, 0.25) is 11.7 Å². The predicted octanol–water partition coefficient (Wildman–Crippen LogP) is 3.10. The van der Waals surface area contributed by atoms with Gasteiger partial charge in [-0.15, -0.1) is 0 Å². The first kappa shape index (κ1) is 11.1. The van der Waals surface area contributed by atoms with E-state index in [2.05, 4.69) is 26.1 Å². The summed E-state index contributed by atoms with van der Waals surface area (Å²) < 4.78 is 10.5. The molecule has 0 aliphatic carbocycles. The summed E-state index contributed by atoms with van der Waals surface area (Å²) in [6.07, 6.45) is 0. The van der Waals surface area contributed by atoms with Crippen LogP contribution >= 0.6 is 15.9 Å². The molecule has 84 valence electrons. The second kappa shape index (κ2) is 5.12. The van der Waals surface area contributed by atoms with Crippen molar-refractivity contribution in [2.45, 2.75) is 18.4 Å². The monoisotopic (exact) mass is 282 g/mol. The van der Waals surface area contributed by atoms with Gasteiger partial charge >= 0.3 is 0 Å². The number of rotatable bonds is 4. The van der Waals surface area contributed by atoms with Crippen LogP contribution in [0, 0.1) is 0 Å². The topological polar surface area (TPSA) is 48.2 Å². The highest BCUT2D eigenvalue weighted by Crippen LogP contribution is 2.19. The molecule has 0 bridgehead atoms. The molecule has 1 atom stereocenters. The zero-order chi connectivity index (χ0) is 11.4. The molecular weight excluding hydrogens is 272 g/mol. The van der Waals surface area contributed by atoms with E-state index < -0.39 is 0 Å². The second-order valence-electron chi connectivity index (χ2n) is 3.27. The highest BCUT2D eigenvalue weighted by molar-refractivity contribution is 9.09. The molecule has 2 aromatic rings. The minimum absolute atomic E-state index is 0.0606. The third-order valence-corrected chi connectivity index (χ3v) is 2.33. The maximum absolute atomic E-state index is 5.48. The fourth-order valence-electron chi connectivity index (χ4n) is 1.15. The minimum Gasteiger partial charge on any atom is -0.485 e. The molecule has 5 heteroatoms. The Morgan fingerprint density at radius 3 is 2.75 bits per heavy atom. The molecule has 0 fully saturated rings. The normalized spacial score (nSPS) is 12.4. The zero-order valence-corrected chi connectivity index (χ0v) is 10.3. The summed E-state index contributed by atoms with van der Waals surface area (Å²) in [5.74, 6) is 1.90. The van der Waals surface area contributed by atoms with Gasteiger partial charge in [-0.3, -0.25) is 0 Å². The number of aromatic nitrogens is 2. The first-order valence-corrected chi connectivity index (χ1v) is 5.81. The Morgan fingerprint density at radius 1 is 1.38 bits per heavy atom. The van der Waals surface area contributed by atoms with Gasteiger partial charge in [0.05, 0.1) is 4.83 Å². The number of hydrogen-bond acceptors (Lipinski definition) is 4. The largest absolute Gasteiger partial charge is 0.485 e. The molecule has 0 N–H and O–H groups in total. The quantitative estimate of drug-likeness (QED) is 0.809. The Balaban J connectivity index is 1.95. The molecule has 0 aliphatic rings. The smallest absolute Gasteiger partial charge is 0.240 e. The third kappa shape index (κ3) is 2.82. The summed E-state index contributed by atoms with van der Waals surface area (Å²) in [7, 11) is 0. The van der Waals surface area contributed by atoms with Gasteiger partial charge in [0.15, 0.2) is 6.61 Å². The molecule has 1 aromatic heterocycles. The molecule has 0 spiro atoms. The van der Waals surface area contributed by atoms with E-state index in [4.69, 9.17) is 9.26 Å². The van der Waals surface area contributed by atoms with Crippen LogP contribution in [-0.4, -0.2) is 10.1 Å². The van der Waals surface area contributed by atoms with E-state index in [0.29, 0.717) is 18.3 Å². The van der Waals surface area contributed by atoms with Crippen LogP contribution in [0.2, 0.25) is 0 Å².